The number of nitrogens with two attached hydrogens (primary N) is 1. The van der Waals surface area contributed by atoms with Crippen LogP contribution in [0.2, 0.25) is 0 Å². The topological polar surface area (TPSA) is 56.0 Å². The number of aldehydes is 1. The van der Waals surface area contributed by atoms with Crippen molar-refractivity contribution in [2.75, 3.05) is 0 Å². The number of pyridine rings is 1. The van der Waals surface area contributed by atoms with E-state index in [2.05, 4.69) is 4.98 Å². The van der Waals surface area contributed by atoms with Crippen molar-refractivity contribution in [3.63, 3.8) is 0 Å². The third-order valence-electron chi connectivity index (χ3n) is 1.75. The maximum Gasteiger partial charge on any atom is 0.265 e. The first-order valence-corrected chi connectivity index (χ1v) is 3.72. The molecule has 3 nitrogen and oxygen atoms in total. The Kier molecular flexibility index (Phi) is 3.19. The average molecular weight is 204 g/mol. The third-order valence-corrected chi connectivity index (χ3v) is 1.75. The van der Waals surface area contributed by atoms with Crippen molar-refractivity contribution >= 4 is 6.29 Å². The molecule has 1 heterocycles. The molecule has 0 aliphatic carbocycles. The second kappa shape index (κ2) is 4.19. The van der Waals surface area contributed by atoms with Crippen LogP contribution in [0.1, 0.15) is 27.9 Å². The van der Waals surface area contributed by atoms with E-state index in [1.165, 1.54) is 0 Å². The smallest absolute Gasteiger partial charge is 0.265 e. The quantitative estimate of drug-likeness (QED) is 0.598. The summed E-state index contributed by atoms with van der Waals surface area (Å²) in [6, 6.07) is 0. The van der Waals surface area contributed by atoms with Crippen LogP contribution in [0.3, 0.4) is 0 Å². The van der Waals surface area contributed by atoms with Gasteiger partial charge in [0.2, 0.25) is 5.95 Å². The molecule has 6 heteroatoms. The maximum absolute atomic E-state index is 12.9. The van der Waals surface area contributed by atoms with Gasteiger partial charge in [0.25, 0.3) is 6.43 Å². The van der Waals surface area contributed by atoms with Crippen LogP contribution in [-0.2, 0) is 6.54 Å². The standard InChI is InChI=1S/C8H7F3N2O/c9-7(10)6-4(3-14)2-13-8(11)5(6)1-12/h2-3,7H,1,12H2. The molecule has 14 heavy (non-hydrogen) atoms. The van der Waals surface area contributed by atoms with E-state index in [4.69, 9.17) is 5.73 Å². The van der Waals surface area contributed by atoms with Gasteiger partial charge in [-0.15, -0.1) is 0 Å². The summed E-state index contributed by atoms with van der Waals surface area (Å²) in [4.78, 5) is 13.5. The molecule has 0 saturated carbocycles. The van der Waals surface area contributed by atoms with Gasteiger partial charge >= 0.3 is 0 Å². The van der Waals surface area contributed by atoms with Crippen LogP contribution >= 0.6 is 0 Å². The van der Waals surface area contributed by atoms with Gasteiger partial charge in [-0.2, -0.15) is 4.39 Å². The van der Waals surface area contributed by atoms with E-state index < -0.39 is 30.0 Å². The number of aromatic nitrogens is 1. The van der Waals surface area contributed by atoms with Crippen LogP contribution in [0.5, 0.6) is 0 Å². The highest BCUT2D eigenvalue weighted by molar-refractivity contribution is 5.77. The molecule has 0 saturated heterocycles. The molecule has 0 aromatic carbocycles. The fourth-order valence-electron chi connectivity index (χ4n) is 1.10. The molecule has 0 aliphatic rings. The summed E-state index contributed by atoms with van der Waals surface area (Å²) in [5.41, 5.74) is 3.67. The van der Waals surface area contributed by atoms with Gasteiger partial charge in [-0.25, -0.2) is 13.8 Å². The van der Waals surface area contributed by atoms with Gasteiger partial charge in [0.15, 0.2) is 6.29 Å². The fourth-order valence-corrected chi connectivity index (χ4v) is 1.10. The molecule has 0 radical (unpaired) electrons. The molecule has 0 aliphatic heterocycles. The van der Waals surface area contributed by atoms with Gasteiger partial charge in [0.1, 0.15) is 0 Å². The molecule has 0 unspecified atom stereocenters. The van der Waals surface area contributed by atoms with Crippen molar-refractivity contribution in [1.29, 1.82) is 0 Å². The van der Waals surface area contributed by atoms with Gasteiger partial charge in [-0.1, -0.05) is 0 Å². The van der Waals surface area contributed by atoms with Crippen molar-refractivity contribution in [2.24, 2.45) is 5.73 Å². The number of carbonyl (C=O) groups is 1. The van der Waals surface area contributed by atoms with Crippen molar-refractivity contribution in [3.8, 4) is 0 Å². The largest absolute Gasteiger partial charge is 0.326 e. The van der Waals surface area contributed by atoms with Gasteiger partial charge in [0.05, 0.1) is 0 Å². The van der Waals surface area contributed by atoms with Crippen molar-refractivity contribution in [3.05, 3.63) is 28.8 Å². The van der Waals surface area contributed by atoms with E-state index in [1.807, 2.05) is 0 Å². The Bertz CT molecular complexity index is 355. The van der Waals surface area contributed by atoms with Crippen molar-refractivity contribution < 1.29 is 18.0 Å². The average Bonchev–Trinajstić information content (AvgIpc) is 2.17. The zero-order chi connectivity index (χ0) is 10.7. The molecular weight excluding hydrogens is 197 g/mol. The Labute approximate surface area is 77.7 Å². The number of halogens is 3. The Morgan fingerprint density at radius 3 is 2.64 bits per heavy atom. The molecule has 0 fully saturated rings. The van der Waals surface area contributed by atoms with E-state index in [1.54, 1.807) is 0 Å². The minimum atomic E-state index is -2.94. The second-order valence-electron chi connectivity index (χ2n) is 2.52. The normalized spacial score (nSPS) is 10.6. The SMILES string of the molecule is NCc1c(F)ncc(C=O)c1C(F)F. The number of alkyl halides is 2. The Hall–Kier alpha value is -1.43. The number of hydrogen-bond donors (Lipinski definition) is 1. The first-order valence-electron chi connectivity index (χ1n) is 3.72. The van der Waals surface area contributed by atoms with Crippen molar-refractivity contribution in [1.82, 2.24) is 4.98 Å². The van der Waals surface area contributed by atoms with E-state index >= 15 is 0 Å². The third kappa shape index (κ3) is 1.74. The van der Waals surface area contributed by atoms with Crippen LogP contribution < -0.4 is 5.73 Å². The van der Waals surface area contributed by atoms with Gasteiger partial charge in [-0.3, -0.25) is 4.79 Å². The zero-order valence-corrected chi connectivity index (χ0v) is 7.01. The zero-order valence-electron chi connectivity index (χ0n) is 7.01. The predicted molar refractivity (Wildman–Crippen MR) is 42.4 cm³/mol. The molecule has 1 aromatic heterocycles. The highest BCUT2D eigenvalue weighted by Gasteiger charge is 2.20. The number of nitrogens with zero attached hydrogens (tertiary/aromatic N) is 1. The number of rotatable bonds is 3. The minimum Gasteiger partial charge on any atom is -0.326 e. The summed E-state index contributed by atoms with van der Waals surface area (Å²) in [6.45, 7) is -0.416. The summed E-state index contributed by atoms with van der Waals surface area (Å²) in [7, 11) is 0. The first kappa shape index (κ1) is 10.6. The van der Waals surface area contributed by atoms with Crippen LogP contribution in [0, 0.1) is 5.95 Å². The molecule has 1 aromatic rings. The Morgan fingerprint density at radius 1 is 1.57 bits per heavy atom. The highest BCUT2D eigenvalue weighted by Crippen LogP contribution is 2.26. The van der Waals surface area contributed by atoms with Crippen LogP contribution in [0.15, 0.2) is 6.20 Å². The minimum absolute atomic E-state index is 0.201. The molecule has 76 valence electrons. The lowest BCUT2D eigenvalue weighted by Gasteiger charge is -2.09. The molecule has 0 bridgehead atoms. The first-order chi connectivity index (χ1) is 6.61. The van der Waals surface area contributed by atoms with Crippen molar-refractivity contribution in [2.45, 2.75) is 13.0 Å². The lowest BCUT2D eigenvalue weighted by atomic mass is 10.1. The molecule has 0 atom stereocenters. The van der Waals surface area contributed by atoms with E-state index in [0.29, 0.717) is 0 Å². The molecular formula is C8H7F3N2O. The lowest BCUT2D eigenvalue weighted by molar-refractivity contribution is 0.110. The molecule has 0 spiro atoms. The molecule has 0 amide bonds. The molecule has 1 rings (SSSR count). The summed E-state index contributed by atoms with van der Waals surface area (Å²) in [5.74, 6) is -1.06. The monoisotopic (exact) mass is 204 g/mol. The predicted octanol–water partition coefficient (Wildman–Crippen LogP) is 1.43. The highest BCUT2D eigenvalue weighted by atomic mass is 19.3. The maximum atomic E-state index is 12.9. The summed E-state index contributed by atoms with van der Waals surface area (Å²) in [5, 5.41) is 0. The number of carbonyl (C=O) groups excluding carboxylic acids is 1. The Morgan fingerprint density at radius 2 is 2.21 bits per heavy atom. The number of hydrogen-bond acceptors (Lipinski definition) is 3. The van der Waals surface area contributed by atoms with E-state index in [-0.39, 0.29) is 11.8 Å². The van der Waals surface area contributed by atoms with E-state index in [0.717, 1.165) is 6.20 Å². The second-order valence-corrected chi connectivity index (χ2v) is 2.52. The van der Waals surface area contributed by atoms with Gasteiger partial charge in [0, 0.05) is 29.4 Å². The summed E-state index contributed by atoms with van der Waals surface area (Å²) in [6.07, 6.45) is -1.97. The lowest BCUT2D eigenvalue weighted by Crippen LogP contribution is -2.10. The summed E-state index contributed by atoms with van der Waals surface area (Å²) < 4.78 is 37.8. The van der Waals surface area contributed by atoms with Crippen LogP contribution in [-0.4, -0.2) is 11.3 Å². The molecule has 2 N–H and O–H groups in total. The fraction of sp³-hybridized carbons (Fsp3) is 0.250. The van der Waals surface area contributed by atoms with Crippen LogP contribution in [0.25, 0.3) is 0 Å². The Balaban J connectivity index is 3.43. The van der Waals surface area contributed by atoms with Crippen LogP contribution in [0.4, 0.5) is 13.2 Å². The van der Waals surface area contributed by atoms with E-state index in [9.17, 15) is 18.0 Å². The van der Waals surface area contributed by atoms with Gasteiger partial charge < -0.3 is 5.73 Å². The summed E-state index contributed by atoms with van der Waals surface area (Å²) >= 11 is 0. The van der Waals surface area contributed by atoms with Gasteiger partial charge in [-0.05, 0) is 0 Å².